The number of pyridine rings is 1. The van der Waals surface area contributed by atoms with Crippen LogP contribution in [0.5, 0.6) is 0 Å². The van der Waals surface area contributed by atoms with Crippen LogP contribution in [0.4, 0.5) is 0 Å². The molecule has 5 nitrogen and oxygen atoms in total. The van der Waals surface area contributed by atoms with Crippen molar-refractivity contribution >= 4 is 23.3 Å². The molecule has 0 radical (unpaired) electrons. The lowest BCUT2D eigenvalue weighted by atomic mass is 10.2. The number of hydrogen-bond donors (Lipinski definition) is 3. The van der Waals surface area contributed by atoms with Crippen molar-refractivity contribution in [3.05, 3.63) is 30.1 Å². The maximum Gasteiger partial charge on any atom is 0.195 e. The summed E-state index contributed by atoms with van der Waals surface area (Å²) >= 11 is 5.19. The molecule has 1 aromatic heterocycles. The Kier molecular flexibility index (Phi) is 5.35. The molecule has 0 aliphatic carbocycles. The third-order valence-corrected chi connectivity index (χ3v) is 2.52. The molecule has 0 aliphatic heterocycles. The van der Waals surface area contributed by atoms with Crippen LogP contribution in [0.3, 0.4) is 0 Å². The fourth-order valence-corrected chi connectivity index (χ4v) is 1.53. The predicted molar refractivity (Wildman–Crippen MR) is 72.6 cm³/mol. The van der Waals surface area contributed by atoms with Crippen molar-refractivity contribution in [1.29, 1.82) is 5.41 Å². The lowest BCUT2D eigenvalue weighted by Crippen LogP contribution is -2.46. The third-order valence-electron chi connectivity index (χ3n) is 2.15. The average molecular weight is 251 g/mol. The Labute approximate surface area is 107 Å². The zero-order valence-electron chi connectivity index (χ0n) is 9.81. The van der Waals surface area contributed by atoms with Crippen molar-refractivity contribution in [2.24, 2.45) is 5.73 Å². The summed E-state index contributed by atoms with van der Waals surface area (Å²) in [5, 5.41) is 11.1. The number of guanidine groups is 1. The Morgan fingerprint density at radius 3 is 2.71 bits per heavy atom. The van der Waals surface area contributed by atoms with Gasteiger partial charge in [0, 0.05) is 18.9 Å². The van der Waals surface area contributed by atoms with Crippen LogP contribution in [0, 0.1) is 5.41 Å². The Bertz CT molecular complexity index is 379. The van der Waals surface area contributed by atoms with Crippen LogP contribution in [0.1, 0.15) is 18.9 Å². The molecule has 0 bridgehead atoms. The molecule has 17 heavy (non-hydrogen) atoms. The zero-order chi connectivity index (χ0) is 12.7. The quantitative estimate of drug-likeness (QED) is 0.424. The van der Waals surface area contributed by atoms with Gasteiger partial charge in [-0.25, -0.2) is 0 Å². The molecule has 0 fully saturated rings. The van der Waals surface area contributed by atoms with E-state index in [4.69, 9.17) is 23.4 Å². The number of thiocarbonyl (C=S) groups is 1. The largest absolute Gasteiger partial charge is 0.370 e. The first-order valence-electron chi connectivity index (χ1n) is 5.43. The Hall–Kier alpha value is -1.69. The van der Waals surface area contributed by atoms with E-state index in [2.05, 4.69) is 17.2 Å². The third kappa shape index (κ3) is 4.36. The van der Waals surface area contributed by atoms with Gasteiger partial charge in [-0.3, -0.25) is 15.3 Å². The first-order valence-corrected chi connectivity index (χ1v) is 5.84. The van der Waals surface area contributed by atoms with Crippen molar-refractivity contribution in [2.75, 3.05) is 6.54 Å². The molecule has 0 spiro atoms. The highest BCUT2D eigenvalue weighted by Gasteiger charge is 2.12. The van der Waals surface area contributed by atoms with Crippen LogP contribution in [-0.4, -0.2) is 27.5 Å². The Balaban J connectivity index is 2.67. The molecule has 0 aromatic carbocycles. The molecule has 0 aliphatic rings. The Morgan fingerprint density at radius 1 is 1.53 bits per heavy atom. The normalized spacial score (nSPS) is 9.71. The van der Waals surface area contributed by atoms with Gasteiger partial charge in [0.25, 0.3) is 0 Å². The van der Waals surface area contributed by atoms with Crippen molar-refractivity contribution in [2.45, 2.75) is 19.9 Å². The average Bonchev–Trinajstić information content (AvgIpc) is 2.34. The van der Waals surface area contributed by atoms with E-state index in [1.165, 1.54) is 0 Å². The maximum atomic E-state index is 7.53. The molecule has 0 saturated carbocycles. The Morgan fingerprint density at radius 2 is 2.18 bits per heavy atom. The monoisotopic (exact) mass is 251 g/mol. The molecular formula is C11H17N5S. The summed E-state index contributed by atoms with van der Waals surface area (Å²) in [5.74, 6) is -0.0598. The lowest BCUT2D eigenvalue weighted by molar-refractivity contribution is 0.574. The minimum Gasteiger partial charge on any atom is -0.370 e. The minimum atomic E-state index is -0.0598. The van der Waals surface area contributed by atoms with E-state index in [1.807, 2.05) is 12.1 Å². The SMILES string of the molecule is CCCNC(=S)N(Cc1ccncc1)C(=N)N. The van der Waals surface area contributed by atoms with Crippen molar-refractivity contribution in [3.8, 4) is 0 Å². The van der Waals surface area contributed by atoms with Gasteiger partial charge in [-0.1, -0.05) is 6.92 Å². The van der Waals surface area contributed by atoms with Gasteiger partial charge < -0.3 is 11.1 Å². The number of nitrogens with one attached hydrogen (secondary N) is 2. The minimum absolute atomic E-state index is 0.0598. The van der Waals surface area contributed by atoms with Crippen LogP contribution in [0.2, 0.25) is 0 Å². The fourth-order valence-electron chi connectivity index (χ4n) is 1.26. The van der Waals surface area contributed by atoms with Gasteiger partial charge in [-0.2, -0.15) is 0 Å². The highest BCUT2D eigenvalue weighted by Crippen LogP contribution is 2.03. The molecule has 1 heterocycles. The summed E-state index contributed by atoms with van der Waals surface area (Å²) in [6.07, 6.45) is 4.38. The lowest BCUT2D eigenvalue weighted by Gasteiger charge is -2.23. The smallest absolute Gasteiger partial charge is 0.195 e. The number of hydrogen-bond acceptors (Lipinski definition) is 3. The molecule has 0 unspecified atom stereocenters. The first-order chi connectivity index (χ1) is 8.15. The zero-order valence-corrected chi connectivity index (χ0v) is 10.6. The summed E-state index contributed by atoms with van der Waals surface area (Å²) in [4.78, 5) is 5.50. The predicted octanol–water partition coefficient (Wildman–Crippen LogP) is 1.06. The van der Waals surface area contributed by atoms with Gasteiger partial charge in [0.1, 0.15) is 0 Å². The van der Waals surface area contributed by atoms with E-state index in [0.717, 1.165) is 18.5 Å². The molecule has 92 valence electrons. The van der Waals surface area contributed by atoms with Crippen LogP contribution < -0.4 is 11.1 Å². The molecule has 0 atom stereocenters. The number of rotatable bonds is 4. The number of aromatic nitrogens is 1. The van der Waals surface area contributed by atoms with E-state index in [-0.39, 0.29) is 5.96 Å². The molecule has 0 amide bonds. The van der Waals surface area contributed by atoms with Gasteiger partial charge in [-0.15, -0.1) is 0 Å². The summed E-state index contributed by atoms with van der Waals surface area (Å²) < 4.78 is 0. The van der Waals surface area contributed by atoms with Crippen molar-refractivity contribution in [1.82, 2.24) is 15.2 Å². The standard InChI is InChI=1S/C11H17N5S/c1-2-5-15-11(17)16(10(12)13)8-9-3-6-14-7-4-9/h3-4,6-7H,2,5,8H2,1H3,(H3,12,13)(H,15,17). The molecule has 0 saturated heterocycles. The van der Waals surface area contributed by atoms with E-state index in [9.17, 15) is 0 Å². The second-order valence-corrected chi connectivity index (χ2v) is 3.95. The number of nitrogens with zero attached hydrogens (tertiary/aromatic N) is 2. The van der Waals surface area contributed by atoms with Crippen LogP contribution in [0.25, 0.3) is 0 Å². The van der Waals surface area contributed by atoms with Gasteiger partial charge in [0.2, 0.25) is 0 Å². The molecule has 4 N–H and O–H groups in total. The van der Waals surface area contributed by atoms with E-state index in [0.29, 0.717) is 11.7 Å². The molecular weight excluding hydrogens is 234 g/mol. The molecule has 1 rings (SSSR count). The molecule has 1 aromatic rings. The van der Waals surface area contributed by atoms with Gasteiger partial charge in [-0.05, 0) is 36.3 Å². The van der Waals surface area contributed by atoms with Gasteiger partial charge >= 0.3 is 0 Å². The number of nitrogens with two attached hydrogens (primary N) is 1. The summed E-state index contributed by atoms with van der Waals surface area (Å²) in [6.45, 7) is 3.31. The fraction of sp³-hybridized carbons (Fsp3) is 0.364. The van der Waals surface area contributed by atoms with Crippen molar-refractivity contribution in [3.63, 3.8) is 0 Å². The van der Waals surface area contributed by atoms with E-state index >= 15 is 0 Å². The highest BCUT2D eigenvalue weighted by molar-refractivity contribution is 7.80. The summed E-state index contributed by atoms with van der Waals surface area (Å²) in [5.41, 5.74) is 6.53. The van der Waals surface area contributed by atoms with Crippen LogP contribution in [-0.2, 0) is 6.54 Å². The molecule has 6 heteroatoms. The van der Waals surface area contributed by atoms with Crippen molar-refractivity contribution < 1.29 is 0 Å². The van der Waals surface area contributed by atoms with Gasteiger partial charge in [0.15, 0.2) is 11.1 Å². The maximum absolute atomic E-state index is 7.53. The van der Waals surface area contributed by atoms with Crippen LogP contribution >= 0.6 is 12.2 Å². The van der Waals surface area contributed by atoms with E-state index < -0.39 is 0 Å². The highest BCUT2D eigenvalue weighted by atomic mass is 32.1. The topological polar surface area (TPSA) is 78.0 Å². The summed E-state index contributed by atoms with van der Waals surface area (Å²) in [7, 11) is 0. The van der Waals surface area contributed by atoms with Crippen LogP contribution in [0.15, 0.2) is 24.5 Å². The second kappa shape index (κ2) is 6.80. The van der Waals surface area contributed by atoms with Gasteiger partial charge in [0.05, 0.1) is 6.54 Å². The second-order valence-electron chi connectivity index (χ2n) is 3.56. The summed E-state index contributed by atoms with van der Waals surface area (Å²) in [6, 6.07) is 3.75. The van der Waals surface area contributed by atoms with E-state index in [1.54, 1.807) is 17.3 Å². The first kappa shape index (κ1) is 13.4.